The van der Waals surface area contributed by atoms with Crippen molar-refractivity contribution in [2.24, 2.45) is 0 Å². The normalized spacial score (nSPS) is 15.0. The summed E-state index contributed by atoms with van der Waals surface area (Å²) in [6.07, 6.45) is 3.29. The van der Waals surface area contributed by atoms with E-state index in [0.717, 1.165) is 12.8 Å². The fourth-order valence-corrected chi connectivity index (χ4v) is 3.92. The number of hydrogen-bond acceptors (Lipinski definition) is 8. The Bertz CT molecular complexity index is 946. The minimum absolute atomic E-state index is 0.0109. The molecule has 0 bridgehead atoms. The molecule has 11 heteroatoms. The molecule has 1 aromatic heterocycles. The summed E-state index contributed by atoms with van der Waals surface area (Å²) in [5, 5.41) is 7.69. The number of carbonyl (C=O) groups excluding carboxylic acids is 3. The highest BCUT2D eigenvalue weighted by Crippen LogP contribution is 2.32. The molecule has 1 fully saturated rings. The van der Waals surface area contributed by atoms with Gasteiger partial charge in [0.15, 0.2) is 5.13 Å². The topological polar surface area (TPSA) is 119 Å². The second-order valence-electron chi connectivity index (χ2n) is 7.34. The van der Waals surface area contributed by atoms with Crippen molar-refractivity contribution < 1.29 is 28.6 Å². The maximum atomic E-state index is 13.1. The van der Waals surface area contributed by atoms with Crippen LogP contribution >= 0.6 is 11.3 Å². The maximum absolute atomic E-state index is 13.1. The van der Waals surface area contributed by atoms with Crippen LogP contribution in [0.2, 0.25) is 0 Å². The molecule has 1 aromatic carbocycles. The second kappa shape index (κ2) is 12.2. The third-order valence-electron chi connectivity index (χ3n) is 5.08. The molecule has 1 aliphatic heterocycles. The number of methoxy groups -OCH3 is 2. The van der Waals surface area contributed by atoms with Crippen molar-refractivity contribution in [3.8, 4) is 11.5 Å². The highest BCUT2D eigenvalue weighted by molar-refractivity contribution is 7.13. The molecule has 10 nitrogen and oxygen atoms in total. The number of ether oxygens (including phenoxy) is 3. The van der Waals surface area contributed by atoms with Crippen LogP contribution in [-0.2, 0) is 19.1 Å². The van der Waals surface area contributed by atoms with Crippen LogP contribution in [0.25, 0.3) is 0 Å². The van der Waals surface area contributed by atoms with Crippen LogP contribution in [0, 0.1) is 0 Å². The first-order chi connectivity index (χ1) is 16.0. The van der Waals surface area contributed by atoms with Gasteiger partial charge in [-0.15, -0.1) is 11.3 Å². The highest BCUT2D eigenvalue weighted by Gasteiger charge is 2.24. The minimum atomic E-state index is -0.389. The van der Waals surface area contributed by atoms with Crippen molar-refractivity contribution >= 4 is 39.9 Å². The summed E-state index contributed by atoms with van der Waals surface area (Å²) in [4.78, 5) is 43.3. The Morgan fingerprint density at radius 1 is 1.21 bits per heavy atom. The lowest BCUT2D eigenvalue weighted by atomic mass is 10.2. The van der Waals surface area contributed by atoms with E-state index in [0.29, 0.717) is 35.5 Å². The largest absolute Gasteiger partial charge is 0.497 e. The molecule has 178 valence electrons. The smallest absolute Gasteiger partial charge is 0.240 e. The third kappa shape index (κ3) is 7.16. The third-order valence-corrected chi connectivity index (χ3v) is 5.76. The van der Waals surface area contributed by atoms with Gasteiger partial charge >= 0.3 is 0 Å². The van der Waals surface area contributed by atoms with Gasteiger partial charge in [-0.05, 0) is 25.0 Å². The first kappa shape index (κ1) is 24.5. The van der Waals surface area contributed by atoms with E-state index < -0.39 is 0 Å². The number of carbonyl (C=O) groups is 3. The Labute approximate surface area is 196 Å². The number of amides is 3. The van der Waals surface area contributed by atoms with Gasteiger partial charge in [0, 0.05) is 43.6 Å². The minimum Gasteiger partial charge on any atom is -0.497 e. The van der Waals surface area contributed by atoms with Crippen LogP contribution in [0.3, 0.4) is 0 Å². The van der Waals surface area contributed by atoms with Crippen molar-refractivity contribution in [3.63, 3.8) is 0 Å². The number of thiazole rings is 1. The Kier molecular flexibility index (Phi) is 9.02. The van der Waals surface area contributed by atoms with Gasteiger partial charge < -0.3 is 24.8 Å². The van der Waals surface area contributed by atoms with Gasteiger partial charge in [0.05, 0.1) is 26.0 Å². The Morgan fingerprint density at radius 3 is 2.73 bits per heavy atom. The molecule has 1 atom stereocenters. The molecule has 3 amide bonds. The van der Waals surface area contributed by atoms with E-state index in [1.807, 2.05) is 0 Å². The number of nitrogens with zero attached hydrogens (tertiary/aromatic N) is 2. The van der Waals surface area contributed by atoms with Crippen LogP contribution in [0.5, 0.6) is 11.5 Å². The summed E-state index contributed by atoms with van der Waals surface area (Å²) in [5.74, 6) is -0.123. The van der Waals surface area contributed by atoms with Crippen LogP contribution in [0.15, 0.2) is 29.8 Å². The van der Waals surface area contributed by atoms with E-state index in [2.05, 4.69) is 15.6 Å². The highest BCUT2D eigenvalue weighted by atomic mass is 32.1. The molecule has 1 saturated heterocycles. The zero-order valence-electron chi connectivity index (χ0n) is 18.7. The summed E-state index contributed by atoms with van der Waals surface area (Å²) < 4.78 is 16.2. The van der Waals surface area contributed by atoms with Gasteiger partial charge in [-0.3, -0.25) is 19.3 Å². The van der Waals surface area contributed by atoms with Gasteiger partial charge in [0.25, 0.3) is 0 Å². The average molecular weight is 477 g/mol. The van der Waals surface area contributed by atoms with Gasteiger partial charge in [-0.1, -0.05) is 0 Å². The molecular formula is C22H28N4O6S. The molecular weight excluding hydrogens is 448 g/mol. The van der Waals surface area contributed by atoms with E-state index in [4.69, 9.17) is 14.2 Å². The van der Waals surface area contributed by atoms with Crippen LogP contribution in [0.4, 0.5) is 10.8 Å². The molecule has 0 spiro atoms. The first-order valence-electron chi connectivity index (χ1n) is 10.6. The van der Waals surface area contributed by atoms with E-state index in [1.54, 1.807) is 29.8 Å². The quantitative estimate of drug-likeness (QED) is 0.510. The molecule has 2 aromatic rings. The van der Waals surface area contributed by atoms with Crippen LogP contribution in [0.1, 0.15) is 25.7 Å². The lowest BCUT2D eigenvalue weighted by Crippen LogP contribution is -2.43. The standard InChI is InChI=1S/C22H28N4O6S/c1-30-15-5-6-17(18(12-15)31-2)26(14-20(28)24-13-16-4-3-10-32-16)21(29)8-7-19(27)25-22-23-9-11-33-22/h5-6,9,11-12,16H,3-4,7-8,10,13-14H2,1-2H3,(H,24,28)(H,23,25,27)/t16-/m1/s1. The second-order valence-corrected chi connectivity index (χ2v) is 8.24. The number of benzene rings is 1. The number of anilines is 2. The van der Waals surface area contributed by atoms with Crippen molar-refractivity contribution in [2.75, 3.05) is 44.1 Å². The fourth-order valence-electron chi connectivity index (χ4n) is 3.37. The summed E-state index contributed by atoms with van der Waals surface area (Å²) in [6.45, 7) is 0.858. The number of rotatable bonds is 11. The van der Waals surface area contributed by atoms with E-state index in [-0.39, 0.29) is 43.2 Å². The molecule has 3 rings (SSSR count). The predicted octanol–water partition coefficient (Wildman–Crippen LogP) is 2.21. The van der Waals surface area contributed by atoms with Crippen molar-refractivity contribution in [1.29, 1.82) is 0 Å². The monoisotopic (exact) mass is 476 g/mol. The molecule has 2 N–H and O–H groups in total. The summed E-state index contributed by atoms with van der Waals surface area (Å²) in [6, 6.07) is 4.96. The SMILES string of the molecule is COc1ccc(N(CC(=O)NC[C@H]2CCCO2)C(=O)CCC(=O)Nc2nccs2)c(OC)c1. The maximum Gasteiger partial charge on any atom is 0.240 e. The molecule has 0 unspecified atom stereocenters. The Hall–Kier alpha value is -3.18. The summed E-state index contributed by atoms with van der Waals surface area (Å²) >= 11 is 1.29. The average Bonchev–Trinajstić information content (AvgIpc) is 3.53. The van der Waals surface area contributed by atoms with Gasteiger partial charge in [-0.25, -0.2) is 4.98 Å². The molecule has 33 heavy (non-hydrogen) atoms. The number of nitrogens with one attached hydrogen (secondary N) is 2. The lowest BCUT2D eigenvalue weighted by molar-refractivity contribution is -0.125. The number of hydrogen-bond donors (Lipinski definition) is 2. The first-order valence-corrected chi connectivity index (χ1v) is 11.5. The predicted molar refractivity (Wildman–Crippen MR) is 124 cm³/mol. The molecule has 0 aliphatic carbocycles. The zero-order chi connectivity index (χ0) is 23.6. The molecule has 0 saturated carbocycles. The fraction of sp³-hybridized carbons (Fsp3) is 0.455. The lowest BCUT2D eigenvalue weighted by Gasteiger charge is -2.25. The van der Waals surface area contributed by atoms with Crippen LogP contribution in [-0.4, -0.2) is 62.7 Å². The molecule has 2 heterocycles. The number of aromatic nitrogens is 1. The van der Waals surface area contributed by atoms with Gasteiger partial charge in [0.2, 0.25) is 17.7 Å². The molecule has 0 radical (unpaired) electrons. The van der Waals surface area contributed by atoms with Gasteiger partial charge in [0.1, 0.15) is 18.0 Å². The van der Waals surface area contributed by atoms with E-state index in [9.17, 15) is 14.4 Å². The summed E-state index contributed by atoms with van der Waals surface area (Å²) in [5.41, 5.74) is 0.413. The summed E-state index contributed by atoms with van der Waals surface area (Å²) in [7, 11) is 3.00. The van der Waals surface area contributed by atoms with Crippen LogP contribution < -0.4 is 25.0 Å². The van der Waals surface area contributed by atoms with Crippen molar-refractivity contribution in [1.82, 2.24) is 10.3 Å². The van der Waals surface area contributed by atoms with Crippen molar-refractivity contribution in [3.05, 3.63) is 29.8 Å². The Morgan fingerprint density at radius 2 is 2.06 bits per heavy atom. The van der Waals surface area contributed by atoms with E-state index in [1.165, 1.54) is 30.5 Å². The zero-order valence-corrected chi connectivity index (χ0v) is 19.5. The Balaban J connectivity index is 1.69. The molecule has 1 aliphatic rings. The van der Waals surface area contributed by atoms with E-state index >= 15 is 0 Å². The van der Waals surface area contributed by atoms with Gasteiger partial charge in [-0.2, -0.15) is 0 Å². The van der Waals surface area contributed by atoms with Crippen molar-refractivity contribution in [2.45, 2.75) is 31.8 Å².